The Balaban J connectivity index is 1.56. The van der Waals surface area contributed by atoms with Gasteiger partial charge in [0.25, 0.3) is 10.0 Å². The number of hydrogen-bond acceptors (Lipinski definition) is 4. The summed E-state index contributed by atoms with van der Waals surface area (Å²) in [4.78, 5) is 30.1. The molecule has 4 aromatic carbocycles. The third kappa shape index (κ3) is 8.20. The lowest BCUT2D eigenvalue weighted by atomic mass is 10.0. The fourth-order valence-electron chi connectivity index (χ4n) is 5.90. The molecule has 1 fully saturated rings. The number of halogens is 1. The molecule has 1 aliphatic rings. The number of amides is 2. The van der Waals surface area contributed by atoms with Crippen molar-refractivity contribution in [2.24, 2.45) is 0 Å². The van der Waals surface area contributed by atoms with Crippen LogP contribution >= 0.6 is 0 Å². The van der Waals surface area contributed by atoms with Crippen molar-refractivity contribution in [3.8, 4) is 0 Å². The Morgan fingerprint density at radius 1 is 0.826 bits per heavy atom. The molecule has 7 nitrogen and oxygen atoms in total. The molecule has 0 spiro atoms. The lowest BCUT2D eigenvalue weighted by Gasteiger charge is -2.34. The Kier molecular flexibility index (Phi) is 10.5. The monoisotopic (exact) mass is 641 g/mol. The van der Waals surface area contributed by atoms with Crippen molar-refractivity contribution in [2.45, 2.75) is 69.5 Å². The molecule has 0 bridgehead atoms. The van der Waals surface area contributed by atoms with Gasteiger partial charge in [0.05, 0.1) is 10.6 Å². The summed E-state index contributed by atoms with van der Waals surface area (Å²) < 4.78 is 43.2. The Labute approximate surface area is 271 Å². The first-order valence-electron chi connectivity index (χ1n) is 15.6. The Morgan fingerprint density at radius 3 is 2.13 bits per heavy atom. The molecule has 2 amide bonds. The number of nitrogens with zero attached hydrogens (tertiary/aromatic N) is 2. The lowest BCUT2D eigenvalue weighted by Crippen LogP contribution is -2.54. The van der Waals surface area contributed by atoms with Gasteiger partial charge >= 0.3 is 0 Å². The van der Waals surface area contributed by atoms with Crippen molar-refractivity contribution < 1.29 is 22.4 Å². The molecule has 1 aliphatic carbocycles. The topological polar surface area (TPSA) is 86.8 Å². The second-order valence-corrected chi connectivity index (χ2v) is 13.9. The molecule has 1 saturated carbocycles. The maximum absolute atomic E-state index is 14.6. The normalized spacial score (nSPS) is 14.1. The zero-order valence-electron chi connectivity index (χ0n) is 26.2. The van der Waals surface area contributed by atoms with Gasteiger partial charge < -0.3 is 10.2 Å². The van der Waals surface area contributed by atoms with Crippen molar-refractivity contribution in [3.05, 3.63) is 131 Å². The largest absolute Gasteiger partial charge is 0.352 e. The molecule has 0 saturated heterocycles. The van der Waals surface area contributed by atoms with Gasteiger partial charge in [0.2, 0.25) is 11.8 Å². The molecule has 1 atom stereocenters. The van der Waals surface area contributed by atoms with Gasteiger partial charge in [-0.05, 0) is 74.2 Å². The molecular weight excluding hydrogens is 601 g/mol. The van der Waals surface area contributed by atoms with Gasteiger partial charge in [0.15, 0.2) is 0 Å². The minimum Gasteiger partial charge on any atom is -0.352 e. The van der Waals surface area contributed by atoms with Crippen molar-refractivity contribution in [2.75, 3.05) is 10.8 Å². The summed E-state index contributed by atoms with van der Waals surface area (Å²) in [7, 11) is -4.25. The van der Waals surface area contributed by atoms with Crippen LogP contribution in [0.4, 0.5) is 10.1 Å². The van der Waals surface area contributed by atoms with Gasteiger partial charge in [0, 0.05) is 19.0 Å². The van der Waals surface area contributed by atoms with E-state index < -0.39 is 34.3 Å². The van der Waals surface area contributed by atoms with Gasteiger partial charge in [-0.15, -0.1) is 0 Å². The van der Waals surface area contributed by atoms with Crippen LogP contribution in [0, 0.1) is 19.7 Å². The van der Waals surface area contributed by atoms with Crippen LogP contribution in [0.25, 0.3) is 0 Å². The highest BCUT2D eigenvalue weighted by molar-refractivity contribution is 7.92. The fourth-order valence-corrected chi connectivity index (χ4v) is 7.32. The molecule has 0 unspecified atom stereocenters. The first-order valence-corrected chi connectivity index (χ1v) is 17.1. The van der Waals surface area contributed by atoms with Crippen LogP contribution in [0.1, 0.15) is 47.9 Å². The number of carbonyl (C=O) groups excluding carboxylic acids is 2. The molecule has 9 heteroatoms. The SMILES string of the molecule is Cc1ccc(S(=O)(=O)N(CC(=O)N(Cc2cccc(C)c2)[C@H](Cc2ccccc2)C(=O)NC2CCCC2)c2ccc(F)cc2)cc1. The van der Waals surface area contributed by atoms with Gasteiger partial charge in [-0.2, -0.15) is 0 Å². The third-order valence-electron chi connectivity index (χ3n) is 8.41. The standard InChI is InChI=1S/C37H40FN3O4S/c1-27-15-21-34(22-16-27)46(44,45)41(33-19-17-31(38)18-20-33)26-36(42)40(25-30-12-8-9-28(2)23-30)35(24-29-10-4-3-5-11-29)37(43)39-32-13-6-7-14-32/h3-5,8-12,15-23,32,35H,6-7,13-14,24-26H2,1-2H3,(H,39,43)/t35-/m1/s1. The lowest BCUT2D eigenvalue weighted by molar-refractivity contribution is -0.140. The Bertz CT molecular complexity index is 1740. The predicted octanol–water partition coefficient (Wildman–Crippen LogP) is 6.34. The van der Waals surface area contributed by atoms with Gasteiger partial charge in [-0.25, -0.2) is 12.8 Å². The summed E-state index contributed by atoms with van der Waals surface area (Å²) in [5.41, 5.74) is 3.70. The second kappa shape index (κ2) is 14.7. The minimum atomic E-state index is -4.25. The van der Waals surface area contributed by atoms with Crippen LogP contribution in [-0.4, -0.2) is 43.8 Å². The van der Waals surface area contributed by atoms with E-state index in [1.807, 2.05) is 68.4 Å². The molecule has 0 radical (unpaired) electrons. The smallest absolute Gasteiger partial charge is 0.264 e. The average molecular weight is 642 g/mol. The maximum atomic E-state index is 14.6. The van der Waals surface area contributed by atoms with Crippen LogP contribution in [0.2, 0.25) is 0 Å². The highest BCUT2D eigenvalue weighted by Crippen LogP contribution is 2.26. The average Bonchev–Trinajstić information content (AvgIpc) is 3.55. The highest BCUT2D eigenvalue weighted by Gasteiger charge is 2.35. The van der Waals surface area contributed by atoms with Crippen LogP contribution in [0.15, 0.2) is 108 Å². The molecule has 0 aliphatic heterocycles. The summed E-state index contributed by atoms with van der Waals surface area (Å²) in [6, 6.07) is 27.7. The number of hydrogen-bond donors (Lipinski definition) is 1. The van der Waals surface area contributed by atoms with Crippen LogP contribution < -0.4 is 9.62 Å². The molecule has 0 aromatic heterocycles. The first kappa shape index (κ1) is 32.9. The molecular formula is C37H40FN3O4S. The van der Waals surface area contributed by atoms with Gasteiger partial charge in [0.1, 0.15) is 18.4 Å². The number of aryl methyl sites for hydroxylation is 2. The fraction of sp³-hybridized carbons (Fsp3) is 0.297. The molecule has 0 heterocycles. The second-order valence-electron chi connectivity index (χ2n) is 12.0. The zero-order valence-corrected chi connectivity index (χ0v) is 27.0. The van der Waals surface area contributed by atoms with Crippen molar-refractivity contribution >= 4 is 27.5 Å². The Hall–Kier alpha value is -4.50. The zero-order chi connectivity index (χ0) is 32.7. The van der Waals surface area contributed by atoms with Crippen LogP contribution in [-0.2, 0) is 32.6 Å². The van der Waals surface area contributed by atoms with E-state index in [0.29, 0.717) is 0 Å². The molecule has 46 heavy (non-hydrogen) atoms. The molecule has 1 N–H and O–H groups in total. The summed E-state index contributed by atoms with van der Waals surface area (Å²) in [6.07, 6.45) is 4.07. The van der Waals surface area contributed by atoms with Crippen molar-refractivity contribution in [3.63, 3.8) is 0 Å². The number of sulfonamides is 1. The van der Waals surface area contributed by atoms with Crippen molar-refractivity contribution in [1.82, 2.24) is 10.2 Å². The minimum absolute atomic E-state index is 0.000251. The molecule has 240 valence electrons. The Morgan fingerprint density at radius 2 is 1.48 bits per heavy atom. The predicted molar refractivity (Wildman–Crippen MR) is 178 cm³/mol. The number of rotatable bonds is 12. The summed E-state index contributed by atoms with van der Waals surface area (Å²) in [5.74, 6) is -1.36. The van der Waals surface area contributed by atoms with Crippen LogP contribution in [0.3, 0.4) is 0 Å². The van der Waals surface area contributed by atoms with E-state index >= 15 is 0 Å². The highest BCUT2D eigenvalue weighted by atomic mass is 32.2. The van der Waals surface area contributed by atoms with E-state index in [1.54, 1.807) is 12.1 Å². The maximum Gasteiger partial charge on any atom is 0.264 e. The quantitative estimate of drug-likeness (QED) is 0.196. The van der Waals surface area contributed by atoms with E-state index in [-0.39, 0.29) is 35.5 Å². The summed E-state index contributed by atoms with van der Waals surface area (Å²) >= 11 is 0. The number of nitrogens with one attached hydrogen (secondary N) is 1. The third-order valence-corrected chi connectivity index (χ3v) is 10.2. The first-order chi connectivity index (χ1) is 22.1. The number of carbonyl (C=O) groups is 2. The summed E-state index contributed by atoms with van der Waals surface area (Å²) in [6.45, 7) is 3.31. The van der Waals surface area contributed by atoms with E-state index in [4.69, 9.17) is 0 Å². The summed E-state index contributed by atoms with van der Waals surface area (Å²) in [5, 5.41) is 3.18. The van der Waals surface area contributed by atoms with E-state index in [0.717, 1.165) is 64.4 Å². The van der Waals surface area contributed by atoms with E-state index in [1.165, 1.54) is 29.2 Å². The number of benzene rings is 4. The van der Waals surface area contributed by atoms with E-state index in [2.05, 4.69) is 5.32 Å². The molecule has 4 aromatic rings. The van der Waals surface area contributed by atoms with Gasteiger partial charge in [-0.1, -0.05) is 90.7 Å². The molecule has 5 rings (SSSR count). The van der Waals surface area contributed by atoms with Crippen LogP contribution in [0.5, 0.6) is 0 Å². The van der Waals surface area contributed by atoms with E-state index in [9.17, 15) is 22.4 Å². The van der Waals surface area contributed by atoms with Crippen molar-refractivity contribution in [1.29, 1.82) is 0 Å². The number of anilines is 1. The van der Waals surface area contributed by atoms with Gasteiger partial charge in [-0.3, -0.25) is 13.9 Å².